The van der Waals surface area contributed by atoms with Crippen LogP contribution in [0, 0.1) is 0 Å². The van der Waals surface area contributed by atoms with Crippen molar-refractivity contribution in [3.05, 3.63) is 0 Å². The van der Waals surface area contributed by atoms with E-state index in [2.05, 4.69) is 0 Å². The number of amides is 1. The molecule has 3 nitrogen and oxygen atoms in total. The molecule has 0 aromatic carbocycles. The first-order chi connectivity index (χ1) is 8.02. The van der Waals surface area contributed by atoms with Gasteiger partial charge in [0.15, 0.2) is 0 Å². The van der Waals surface area contributed by atoms with E-state index in [9.17, 15) is 31.1 Å². The number of hydrogen-bond donors (Lipinski definition) is 1. The number of alkyl halides is 6. The summed E-state index contributed by atoms with van der Waals surface area (Å²) in [6, 6.07) is 0. The minimum Gasteiger partial charge on any atom is -0.465 e. The van der Waals surface area contributed by atoms with Gasteiger partial charge in [-0.2, -0.15) is 13.2 Å². The molecule has 18 heavy (non-hydrogen) atoms. The molecule has 108 valence electrons. The molecule has 0 aromatic rings. The van der Waals surface area contributed by atoms with Crippen molar-refractivity contribution >= 4 is 6.09 Å². The summed E-state index contributed by atoms with van der Waals surface area (Å²) in [6.07, 6.45) is -11.2. The molecule has 1 unspecified atom stereocenters. The van der Waals surface area contributed by atoms with Crippen molar-refractivity contribution in [1.82, 2.24) is 4.90 Å². The number of carboxylic acid groups (broad SMARTS) is 1. The van der Waals surface area contributed by atoms with Gasteiger partial charge in [0.2, 0.25) is 0 Å². The molecule has 0 bridgehead atoms. The van der Waals surface area contributed by atoms with E-state index in [1.165, 1.54) is 0 Å². The van der Waals surface area contributed by atoms with Crippen molar-refractivity contribution in [3.8, 4) is 0 Å². The first-order valence-corrected chi connectivity index (χ1v) is 5.08. The van der Waals surface area contributed by atoms with Crippen LogP contribution >= 0.6 is 0 Å². The maximum absolute atomic E-state index is 13.0. The van der Waals surface area contributed by atoms with Crippen LogP contribution in [0.15, 0.2) is 0 Å². The lowest BCUT2D eigenvalue weighted by atomic mass is 10.2. The van der Waals surface area contributed by atoms with Crippen molar-refractivity contribution in [2.24, 2.45) is 0 Å². The number of rotatable bonds is 6. The van der Waals surface area contributed by atoms with Crippen LogP contribution in [0.3, 0.4) is 0 Å². The molecule has 0 heterocycles. The van der Waals surface area contributed by atoms with Gasteiger partial charge in [0.25, 0.3) is 6.17 Å². The predicted octanol–water partition coefficient (Wildman–Crippen LogP) is 3.30. The van der Waals surface area contributed by atoms with Crippen molar-refractivity contribution in [3.63, 3.8) is 0 Å². The molecule has 0 aromatic heterocycles. The molecule has 0 fully saturated rings. The summed E-state index contributed by atoms with van der Waals surface area (Å²) in [6.45, 7) is -0.541. The van der Waals surface area contributed by atoms with E-state index in [0.29, 0.717) is 6.42 Å². The molecule has 0 saturated carbocycles. The Morgan fingerprint density at radius 3 is 2.11 bits per heavy atom. The number of halogens is 6. The van der Waals surface area contributed by atoms with E-state index < -0.39 is 30.9 Å². The zero-order chi connectivity index (χ0) is 14.6. The minimum atomic E-state index is -5.72. The molecule has 0 rings (SSSR count). The van der Waals surface area contributed by atoms with Gasteiger partial charge in [-0.1, -0.05) is 13.3 Å². The van der Waals surface area contributed by atoms with Crippen molar-refractivity contribution in [2.75, 3.05) is 13.1 Å². The third-order valence-corrected chi connectivity index (χ3v) is 2.11. The summed E-state index contributed by atoms with van der Waals surface area (Å²) in [4.78, 5) is 10.6. The van der Waals surface area contributed by atoms with Crippen LogP contribution in [-0.4, -0.2) is 47.5 Å². The molecule has 0 spiro atoms. The fourth-order valence-corrected chi connectivity index (χ4v) is 1.17. The summed E-state index contributed by atoms with van der Waals surface area (Å²) >= 11 is 0. The largest absolute Gasteiger partial charge is 0.465 e. The Morgan fingerprint density at radius 2 is 1.78 bits per heavy atom. The Balaban J connectivity index is 4.74. The highest BCUT2D eigenvalue weighted by Crippen LogP contribution is 2.35. The smallest absolute Gasteiger partial charge is 0.425 e. The third kappa shape index (κ3) is 5.01. The predicted molar refractivity (Wildman–Crippen MR) is 50.4 cm³/mol. The maximum atomic E-state index is 13.0. The van der Waals surface area contributed by atoms with E-state index in [0.717, 1.165) is 0 Å². The van der Waals surface area contributed by atoms with Gasteiger partial charge < -0.3 is 10.0 Å². The highest BCUT2D eigenvalue weighted by atomic mass is 19.4. The average Bonchev–Trinajstić information content (AvgIpc) is 2.21. The molecule has 0 aliphatic rings. The lowest BCUT2D eigenvalue weighted by molar-refractivity contribution is -0.246. The fraction of sp³-hybridized carbons (Fsp3) is 0.889. The molecule has 0 radical (unpaired) electrons. The van der Waals surface area contributed by atoms with Crippen molar-refractivity contribution in [2.45, 2.75) is 38.0 Å². The summed E-state index contributed by atoms with van der Waals surface area (Å²) in [5.41, 5.74) is 0. The molecule has 9 heteroatoms. The van der Waals surface area contributed by atoms with E-state index in [1.807, 2.05) is 0 Å². The second-order valence-electron chi connectivity index (χ2n) is 3.72. The van der Waals surface area contributed by atoms with Gasteiger partial charge in [0, 0.05) is 6.54 Å². The average molecular weight is 281 g/mol. The molecular formula is C9H13F6NO2. The van der Waals surface area contributed by atoms with Gasteiger partial charge in [-0.25, -0.2) is 18.0 Å². The normalized spacial score (nSPS) is 14.4. The molecule has 0 aliphatic carbocycles. The van der Waals surface area contributed by atoms with Crippen molar-refractivity contribution < 1.29 is 36.2 Å². The highest BCUT2D eigenvalue weighted by Gasteiger charge is 2.57. The fourth-order valence-electron chi connectivity index (χ4n) is 1.17. The number of nitrogens with zero attached hydrogens (tertiary/aromatic N) is 1. The molecular weight excluding hydrogens is 268 g/mol. The topological polar surface area (TPSA) is 40.5 Å². The first kappa shape index (κ1) is 16.9. The Hall–Kier alpha value is -1.15. The van der Waals surface area contributed by atoms with Gasteiger partial charge in [-0.05, 0) is 6.42 Å². The zero-order valence-electron chi connectivity index (χ0n) is 9.48. The quantitative estimate of drug-likeness (QED) is 0.759. The van der Waals surface area contributed by atoms with Crippen LogP contribution in [0.1, 0.15) is 19.8 Å². The Kier molecular flexibility index (Phi) is 5.75. The SMILES string of the molecule is CCCCN(CC(F)(F)C(F)C(F)(F)F)C(=O)O. The third-order valence-electron chi connectivity index (χ3n) is 2.11. The van der Waals surface area contributed by atoms with Gasteiger partial charge in [0.05, 0.1) is 6.54 Å². The van der Waals surface area contributed by atoms with Gasteiger partial charge >= 0.3 is 18.2 Å². The molecule has 0 aliphatic heterocycles. The van der Waals surface area contributed by atoms with Crippen LogP contribution in [-0.2, 0) is 0 Å². The van der Waals surface area contributed by atoms with E-state index >= 15 is 0 Å². The molecule has 1 atom stereocenters. The molecule has 1 N–H and O–H groups in total. The van der Waals surface area contributed by atoms with E-state index in [-0.39, 0.29) is 17.9 Å². The van der Waals surface area contributed by atoms with Gasteiger partial charge in [-0.3, -0.25) is 0 Å². The van der Waals surface area contributed by atoms with E-state index in [1.54, 1.807) is 6.92 Å². The second-order valence-corrected chi connectivity index (χ2v) is 3.72. The molecule has 1 amide bonds. The number of carbonyl (C=O) groups is 1. The van der Waals surface area contributed by atoms with E-state index in [4.69, 9.17) is 5.11 Å². The van der Waals surface area contributed by atoms with Crippen LogP contribution in [0.25, 0.3) is 0 Å². The van der Waals surface area contributed by atoms with Crippen molar-refractivity contribution in [1.29, 1.82) is 0 Å². The lowest BCUT2D eigenvalue weighted by Crippen LogP contribution is -2.50. The Morgan fingerprint density at radius 1 is 1.28 bits per heavy atom. The summed E-state index contributed by atoms with van der Waals surface area (Å²) < 4.78 is 73.9. The van der Waals surface area contributed by atoms with Gasteiger partial charge in [0.1, 0.15) is 0 Å². The number of hydrogen-bond acceptors (Lipinski definition) is 1. The highest BCUT2D eigenvalue weighted by molar-refractivity contribution is 5.65. The zero-order valence-corrected chi connectivity index (χ0v) is 9.48. The standard InChI is InChI=1S/C9H13F6NO2/c1-2-3-4-16(7(17)18)5-8(11,12)6(10)9(13,14)15/h6H,2-5H2,1H3,(H,17,18). The van der Waals surface area contributed by atoms with Gasteiger partial charge in [-0.15, -0.1) is 0 Å². The first-order valence-electron chi connectivity index (χ1n) is 5.08. The Bertz CT molecular complexity index is 281. The monoisotopic (exact) mass is 281 g/mol. The van der Waals surface area contributed by atoms with Crippen LogP contribution in [0.5, 0.6) is 0 Å². The summed E-state index contributed by atoms with van der Waals surface area (Å²) in [7, 11) is 0. The molecule has 0 saturated heterocycles. The number of unbranched alkanes of at least 4 members (excludes halogenated alkanes) is 1. The van der Waals surface area contributed by atoms with Crippen LogP contribution in [0.4, 0.5) is 31.1 Å². The second kappa shape index (κ2) is 6.14. The Labute approximate surface area is 99.4 Å². The minimum absolute atomic E-state index is 0.0851. The maximum Gasteiger partial charge on any atom is 0.425 e. The summed E-state index contributed by atoms with van der Waals surface area (Å²) in [5, 5.41) is 8.54. The van der Waals surface area contributed by atoms with Crippen LogP contribution < -0.4 is 0 Å². The summed E-state index contributed by atoms with van der Waals surface area (Å²) in [5.74, 6) is -4.80. The van der Waals surface area contributed by atoms with Crippen LogP contribution in [0.2, 0.25) is 0 Å². The lowest BCUT2D eigenvalue weighted by Gasteiger charge is -2.28.